The topological polar surface area (TPSA) is 108 Å². The number of carbonyl (C=O) groups excluding carboxylic acids is 1. The maximum absolute atomic E-state index is 11.3. The van der Waals surface area contributed by atoms with E-state index in [9.17, 15) is 9.59 Å². The van der Waals surface area contributed by atoms with Crippen LogP contribution in [0.4, 0.5) is 4.79 Å². The second kappa shape index (κ2) is 6.41. The molecule has 17 heavy (non-hydrogen) atoms. The number of ether oxygens (including phenoxy) is 1. The van der Waals surface area contributed by atoms with E-state index >= 15 is 0 Å². The molecule has 1 fully saturated rings. The van der Waals surface area contributed by atoms with Crippen LogP contribution in [0.2, 0.25) is 0 Å². The Hall–Kier alpha value is -1.34. The molecule has 0 aliphatic heterocycles. The quantitative estimate of drug-likeness (QED) is 0.495. The zero-order chi connectivity index (χ0) is 12.8. The largest absolute Gasteiger partial charge is 0.480 e. The Morgan fingerprint density at radius 3 is 2.59 bits per heavy atom. The number of nitrogens with one attached hydrogen (secondary N) is 2. The van der Waals surface area contributed by atoms with E-state index in [4.69, 9.17) is 14.9 Å². The molecule has 4 N–H and O–H groups in total. The highest BCUT2D eigenvalue weighted by Crippen LogP contribution is 2.22. The van der Waals surface area contributed by atoms with Gasteiger partial charge in [0, 0.05) is 12.6 Å². The van der Waals surface area contributed by atoms with Crippen LogP contribution in [0.5, 0.6) is 0 Å². The molecule has 0 unspecified atom stereocenters. The van der Waals surface area contributed by atoms with Gasteiger partial charge in [-0.2, -0.15) is 0 Å². The number of amides is 2. The Morgan fingerprint density at radius 2 is 2.12 bits per heavy atom. The Labute approximate surface area is 99.1 Å². The molecule has 0 saturated heterocycles. The van der Waals surface area contributed by atoms with E-state index in [0.29, 0.717) is 6.61 Å². The molecule has 1 atom stereocenters. The fourth-order valence-electron chi connectivity index (χ4n) is 1.63. The molecule has 1 aliphatic rings. The van der Waals surface area contributed by atoms with Crippen molar-refractivity contribution in [1.82, 2.24) is 10.6 Å². The highest BCUT2D eigenvalue weighted by atomic mass is 16.5. The number of aliphatic hydroxyl groups is 1. The van der Waals surface area contributed by atoms with E-state index in [1.165, 1.54) is 0 Å². The number of urea groups is 1. The van der Waals surface area contributed by atoms with Crippen LogP contribution in [0.3, 0.4) is 0 Å². The van der Waals surface area contributed by atoms with Crippen molar-refractivity contribution >= 4 is 12.0 Å². The maximum Gasteiger partial charge on any atom is 0.328 e. The van der Waals surface area contributed by atoms with E-state index in [1.54, 1.807) is 0 Å². The Bertz CT molecular complexity index is 278. The summed E-state index contributed by atoms with van der Waals surface area (Å²) in [7, 11) is 0. The molecule has 0 bridgehead atoms. The molecule has 7 nitrogen and oxygen atoms in total. The lowest BCUT2D eigenvalue weighted by Crippen LogP contribution is -2.54. The third-order valence-electron chi connectivity index (χ3n) is 2.62. The molecule has 0 aromatic rings. The minimum Gasteiger partial charge on any atom is -0.480 e. The van der Waals surface area contributed by atoms with E-state index in [1.807, 2.05) is 6.92 Å². The number of carboxylic acid groups (broad SMARTS) is 1. The highest BCUT2D eigenvalue weighted by molar-refractivity contribution is 5.82. The van der Waals surface area contributed by atoms with Crippen LogP contribution < -0.4 is 10.6 Å². The maximum atomic E-state index is 11.3. The SMILES string of the molecule is CCOC1CC(NC(=O)N[C@@H](CO)C(=O)O)C1. The van der Waals surface area contributed by atoms with Gasteiger partial charge in [-0.15, -0.1) is 0 Å². The summed E-state index contributed by atoms with van der Waals surface area (Å²) in [5.41, 5.74) is 0. The zero-order valence-corrected chi connectivity index (χ0v) is 9.68. The predicted molar refractivity (Wildman–Crippen MR) is 58.6 cm³/mol. The molecular weight excluding hydrogens is 228 g/mol. The van der Waals surface area contributed by atoms with Crippen molar-refractivity contribution < 1.29 is 24.5 Å². The average Bonchev–Trinajstić information content (AvgIpc) is 2.22. The molecule has 0 radical (unpaired) electrons. The molecule has 2 amide bonds. The van der Waals surface area contributed by atoms with Gasteiger partial charge in [0.15, 0.2) is 6.04 Å². The van der Waals surface area contributed by atoms with Crippen molar-refractivity contribution in [3.8, 4) is 0 Å². The van der Waals surface area contributed by atoms with Crippen molar-refractivity contribution in [2.24, 2.45) is 0 Å². The van der Waals surface area contributed by atoms with Crippen LogP contribution in [-0.4, -0.2) is 53.6 Å². The van der Waals surface area contributed by atoms with Gasteiger partial charge in [0.25, 0.3) is 0 Å². The van der Waals surface area contributed by atoms with Crippen LogP contribution >= 0.6 is 0 Å². The van der Waals surface area contributed by atoms with Crippen molar-refractivity contribution in [1.29, 1.82) is 0 Å². The molecule has 0 aromatic carbocycles. The molecule has 0 aromatic heterocycles. The van der Waals surface area contributed by atoms with Crippen LogP contribution in [0.15, 0.2) is 0 Å². The summed E-state index contributed by atoms with van der Waals surface area (Å²) in [6.45, 7) is 1.93. The van der Waals surface area contributed by atoms with E-state index < -0.39 is 24.6 Å². The van der Waals surface area contributed by atoms with Gasteiger partial charge >= 0.3 is 12.0 Å². The summed E-state index contributed by atoms with van der Waals surface area (Å²) in [6.07, 6.45) is 1.65. The average molecular weight is 246 g/mol. The third-order valence-corrected chi connectivity index (χ3v) is 2.62. The molecule has 1 saturated carbocycles. The first-order chi connectivity index (χ1) is 8.06. The van der Waals surface area contributed by atoms with Gasteiger partial charge in [-0.3, -0.25) is 0 Å². The first kappa shape index (κ1) is 13.7. The number of aliphatic hydroxyl groups excluding tert-OH is 1. The number of rotatable bonds is 6. The lowest BCUT2D eigenvalue weighted by molar-refractivity contribution is -0.140. The summed E-state index contributed by atoms with van der Waals surface area (Å²) in [5, 5.41) is 22.1. The Morgan fingerprint density at radius 1 is 1.47 bits per heavy atom. The van der Waals surface area contributed by atoms with Crippen molar-refractivity contribution in [2.75, 3.05) is 13.2 Å². The second-order valence-electron chi connectivity index (χ2n) is 3.94. The van der Waals surface area contributed by atoms with Crippen LogP contribution in [0.1, 0.15) is 19.8 Å². The van der Waals surface area contributed by atoms with E-state index in [2.05, 4.69) is 10.6 Å². The number of aliphatic carboxylic acids is 1. The van der Waals surface area contributed by atoms with Crippen LogP contribution in [0, 0.1) is 0 Å². The summed E-state index contributed by atoms with van der Waals surface area (Å²) in [4.78, 5) is 21.9. The molecule has 0 spiro atoms. The molecule has 7 heteroatoms. The highest BCUT2D eigenvalue weighted by Gasteiger charge is 2.31. The molecule has 98 valence electrons. The molecule has 1 rings (SSSR count). The van der Waals surface area contributed by atoms with Crippen molar-refractivity contribution in [2.45, 2.75) is 38.0 Å². The first-order valence-electron chi connectivity index (χ1n) is 5.59. The second-order valence-corrected chi connectivity index (χ2v) is 3.94. The molecule has 0 heterocycles. The van der Waals surface area contributed by atoms with Gasteiger partial charge in [0.2, 0.25) is 0 Å². The van der Waals surface area contributed by atoms with E-state index in [0.717, 1.165) is 12.8 Å². The Balaban J connectivity index is 2.20. The predicted octanol–water partition coefficient (Wildman–Crippen LogP) is -0.701. The smallest absolute Gasteiger partial charge is 0.328 e. The van der Waals surface area contributed by atoms with Crippen LogP contribution in [-0.2, 0) is 9.53 Å². The molecule has 1 aliphatic carbocycles. The van der Waals surface area contributed by atoms with Crippen molar-refractivity contribution in [3.05, 3.63) is 0 Å². The Kier molecular flexibility index (Phi) is 5.17. The first-order valence-corrected chi connectivity index (χ1v) is 5.59. The normalized spacial score (nSPS) is 24.6. The fraction of sp³-hybridized carbons (Fsp3) is 0.800. The summed E-state index contributed by atoms with van der Waals surface area (Å²) in [6, 6.07) is -1.83. The summed E-state index contributed by atoms with van der Waals surface area (Å²) < 4.78 is 5.32. The minimum atomic E-state index is -1.27. The van der Waals surface area contributed by atoms with Gasteiger partial charge in [0.05, 0.1) is 12.7 Å². The monoisotopic (exact) mass is 246 g/mol. The van der Waals surface area contributed by atoms with Gasteiger partial charge in [0.1, 0.15) is 0 Å². The fourth-order valence-corrected chi connectivity index (χ4v) is 1.63. The number of carbonyl (C=O) groups is 2. The third kappa shape index (κ3) is 4.20. The summed E-state index contributed by atoms with van der Waals surface area (Å²) in [5.74, 6) is -1.26. The zero-order valence-electron chi connectivity index (χ0n) is 9.68. The molecular formula is C10H18N2O5. The van der Waals surface area contributed by atoms with Gasteiger partial charge in [-0.05, 0) is 19.8 Å². The standard InChI is InChI=1S/C10H18N2O5/c1-2-17-7-3-6(4-7)11-10(16)12-8(5-13)9(14)15/h6-8,13H,2-5H2,1H3,(H,14,15)(H2,11,12,16)/t6?,7?,8-/m0/s1. The van der Waals surface area contributed by atoms with Crippen LogP contribution in [0.25, 0.3) is 0 Å². The number of hydrogen-bond donors (Lipinski definition) is 4. The number of hydrogen-bond acceptors (Lipinski definition) is 4. The lowest BCUT2D eigenvalue weighted by Gasteiger charge is -2.35. The minimum absolute atomic E-state index is 0.0136. The van der Waals surface area contributed by atoms with E-state index in [-0.39, 0.29) is 12.1 Å². The summed E-state index contributed by atoms with van der Waals surface area (Å²) >= 11 is 0. The van der Waals surface area contributed by atoms with Crippen molar-refractivity contribution in [3.63, 3.8) is 0 Å². The number of carboxylic acids is 1. The van der Waals surface area contributed by atoms with Gasteiger partial charge in [-0.25, -0.2) is 9.59 Å². The van der Waals surface area contributed by atoms with Gasteiger partial charge < -0.3 is 25.6 Å². The lowest BCUT2D eigenvalue weighted by atomic mass is 9.89. The van der Waals surface area contributed by atoms with Gasteiger partial charge in [-0.1, -0.05) is 0 Å².